The van der Waals surface area contributed by atoms with Gasteiger partial charge in [-0.3, -0.25) is 14.0 Å². The Morgan fingerprint density at radius 1 is 1.07 bits per heavy atom. The largest absolute Gasteiger partial charge is 0.483 e. The Labute approximate surface area is 174 Å². The minimum Gasteiger partial charge on any atom is -0.483 e. The van der Waals surface area contributed by atoms with Crippen molar-refractivity contribution in [2.24, 2.45) is 5.92 Å². The van der Waals surface area contributed by atoms with Crippen LogP contribution in [-0.4, -0.2) is 55.2 Å². The van der Waals surface area contributed by atoms with E-state index >= 15 is 0 Å². The predicted octanol–water partition coefficient (Wildman–Crippen LogP) is 2.36. The number of nitrogens with zero attached hydrogens (tertiary/aromatic N) is 4. The van der Waals surface area contributed by atoms with E-state index in [1.165, 1.54) is 11.1 Å². The molecule has 3 aromatic rings. The van der Waals surface area contributed by atoms with Crippen molar-refractivity contribution >= 4 is 18.0 Å². The molecule has 1 aliphatic heterocycles. The maximum absolute atomic E-state index is 13.1. The van der Waals surface area contributed by atoms with Gasteiger partial charge in [0.1, 0.15) is 6.10 Å². The summed E-state index contributed by atoms with van der Waals surface area (Å²) in [5, 5.41) is 25.5. The number of aliphatic hydroxyl groups is 1. The molecule has 0 fully saturated rings. The molecule has 1 aromatic carbocycles. The fourth-order valence-electron chi connectivity index (χ4n) is 3.59. The molecule has 1 unspecified atom stereocenters. The fourth-order valence-corrected chi connectivity index (χ4v) is 3.59. The smallest absolute Gasteiger partial charge is 0.290 e. The van der Waals surface area contributed by atoms with Gasteiger partial charge in [0, 0.05) is 19.3 Å². The van der Waals surface area contributed by atoms with E-state index in [-0.39, 0.29) is 18.3 Å². The van der Waals surface area contributed by atoms with Gasteiger partial charge in [-0.05, 0) is 42.0 Å². The van der Waals surface area contributed by atoms with Crippen LogP contribution in [0.5, 0.6) is 0 Å². The highest BCUT2D eigenvalue weighted by molar-refractivity contribution is 5.94. The highest BCUT2D eigenvalue weighted by Crippen LogP contribution is 2.22. The Morgan fingerprint density at radius 2 is 1.67 bits per heavy atom. The van der Waals surface area contributed by atoms with Crippen LogP contribution in [0.3, 0.4) is 0 Å². The molecule has 8 heteroatoms. The van der Waals surface area contributed by atoms with Crippen LogP contribution in [-0.2, 0) is 17.6 Å². The lowest BCUT2D eigenvalue weighted by molar-refractivity contribution is -0.122. The molecule has 1 atom stereocenters. The number of carbonyl (C=O) groups excluding carboxylic acids is 1. The molecule has 0 bridgehead atoms. The summed E-state index contributed by atoms with van der Waals surface area (Å²) in [6.07, 6.45) is 2.76. The number of carboxylic acid groups (broad SMARTS) is 1. The summed E-state index contributed by atoms with van der Waals surface area (Å²) in [4.78, 5) is 23.4. The molecule has 158 valence electrons. The van der Waals surface area contributed by atoms with Gasteiger partial charge in [-0.1, -0.05) is 38.1 Å². The Hall–Kier alpha value is -3.26. The van der Waals surface area contributed by atoms with E-state index in [9.17, 15) is 9.90 Å². The summed E-state index contributed by atoms with van der Waals surface area (Å²) < 4.78 is 1.73. The lowest BCUT2D eigenvalue weighted by atomic mass is 10.0. The number of hydrogen-bond acceptors (Lipinski definition) is 5. The number of fused-ring (bicyclic) bond motifs is 2. The Kier molecular flexibility index (Phi) is 6.79. The Balaban J connectivity index is 0.000000806. The molecule has 0 aliphatic carbocycles. The maximum atomic E-state index is 13.1. The first-order chi connectivity index (χ1) is 14.5. The van der Waals surface area contributed by atoms with Gasteiger partial charge in [0.25, 0.3) is 12.4 Å². The molecule has 1 aliphatic rings. The minimum atomic E-state index is -0.724. The van der Waals surface area contributed by atoms with Gasteiger partial charge in [0.05, 0.1) is 5.56 Å². The molecular weight excluding hydrogens is 384 g/mol. The molecule has 4 rings (SSSR count). The summed E-state index contributed by atoms with van der Waals surface area (Å²) >= 11 is 0. The van der Waals surface area contributed by atoms with Crippen molar-refractivity contribution in [2.75, 3.05) is 13.1 Å². The summed E-state index contributed by atoms with van der Waals surface area (Å²) in [7, 11) is 0. The van der Waals surface area contributed by atoms with Crippen LogP contribution in [0.2, 0.25) is 0 Å². The second-order valence-electron chi connectivity index (χ2n) is 7.56. The Morgan fingerprint density at radius 3 is 2.23 bits per heavy atom. The topological polar surface area (TPSA) is 108 Å². The summed E-state index contributed by atoms with van der Waals surface area (Å²) in [6.45, 7) is 5.01. The summed E-state index contributed by atoms with van der Waals surface area (Å²) in [5.41, 5.74) is 3.86. The maximum Gasteiger partial charge on any atom is 0.290 e. The first-order valence-electron chi connectivity index (χ1n) is 9.93. The van der Waals surface area contributed by atoms with Gasteiger partial charge in [-0.2, -0.15) is 0 Å². The zero-order chi connectivity index (χ0) is 21.7. The minimum absolute atomic E-state index is 0.00314. The van der Waals surface area contributed by atoms with E-state index in [0.717, 1.165) is 12.8 Å². The van der Waals surface area contributed by atoms with Gasteiger partial charge in [-0.15, -0.1) is 10.2 Å². The number of carbonyl (C=O) groups is 2. The molecule has 30 heavy (non-hydrogen) atoms. The van der Waals surface area contributed by atoms with E-state index in [2.05, 4.69) is 34.5 Å². The van der Waals surface area contributed by atoms with Crippen molar-refractivity contribution in [3.63, 3.8) is 0 Å². The van der Waals surface area contributed by atoms with Crippen molar-refractivity contribution < 1.29 is 19.8 Å². The molecule has 0 saturated carbocycles. The third-order valence-corrected chi connectivity index (χ3v) is 5.28. The molecule has 0 radical (unpaired) electrons. The van der Waals surface area contributed by atoms with Gasteiger partial charge >= 0.3 is 0 Å². The number of rotatable bonds is 3. The lowest BCUT2D eigenvalue weighted by Crippen LogP contribution is -2.33. The molecule has 0 saturated heterocycles. The third-order valence-electron chi connectivity index (χ3n) is 5.28. The molecule has 2 aromatic heterocycles. The van der Waals surface area contributed by atoms with Gasteiger partial charge in [0.15, 0.2) is 11.5 Å². The molecule has 3 heterocycles. The second-order valence-corrected chi connectivity index (χ2v) is 7.56. The quantitative estimate of drug-likeness (QED) is 0.642. The number of aliphatic hydroxyl groups excluding tert-OH is 1. The van der Waals surface area contributed by atoms with Crippen LogP contribution in [0, 0.1) is 5.92 Å². The number of benzene rings is 1. The number of aromatic nitrogens is 3. The monoisotopic (exact) mass is 410 g/mol. The van der Waals surface area contributed by atoms with Crippen molar-refractivity contribution in [1.82, 2.24) is 19.5 Å². The summed E-state index contributed by atoms with van der Waals surface area (Å²) in [5.74, 6) is 0.488. The molecule has 2 N–H and O–H groups in total. The zero-order valence-electron chi connectivity index (χ0n) is 17.1. The molecule has 8 nitrogen and oxygen atoms in total. The average molecular weight is 410 g/mol. The number of hydrogen-bond donors (Lipinski definition) is 2. The number of amides is 1. The first kappa shape index (κ1) is 21.4. The number of pyridine rings is 1. The van der Waals surface area contributed by atoms with Gasteiger partial charge in [-0.25, -0.2) is 0 Å². The predicted molar refractivity (Wildman–Crippen MR) is 111 cm³/mol. The van der Waals surface area contributed by atoms with E-state index < -0.39 is 6.10 Å². The van der Waals surface area contributed by atoms with Gasteiger partial charge < -0.3 is 15.1 Å². The van der Waals surface area contributed by atoms with Crippen molar-refractivity contribution in [3.05, 3.63) is 65.1 Å². The highest BCUT2D eigenvalue weighted by Gasteiger charge is 2.22. The average Bonchev–Trinajstić information content (AvgIpc) is 3.04. The zero-order valence-corrected chi connectivity index (χ0v) is 17.1. The van der Waals surface area contributed by atoms with Crippen molar-refractivity contribution in [2.45, 2.75) is 32.8 Å². The standard InChI is InChI=1S/C21H24N4O2.CH2O2/c1-14(2)19(26)20-23-22-18-8-7-17(13-25(18)20)21(27)24-11-9-15-5-3-4-6-16(15)10-12-24;2-1-3/h3-8,13-14,19,26H,9-12H2,1-2H3;1H,(H,2,3). The SMILES string of the molecule is CC(C)C(O)c1nnc2ccc(C(=O)N3CCc4ccccc4CC3)cn12.O=CO. The van der Waals surface area contributed by atoms with Crippen molar-refractivity contribution in [3.8, 4) is 0 Å². The van der Waals surface area contributed by atoms with Crippen LogP contribution in [0.15, 0.2) is 42.6 Å². The van der Waals surface area contributed by atoms with Crippen molar-refractivity contribution in [1.29, 1.82) is 0 Å². The fraction of sp³-hybridized carbons (Fsp3) is 0.364. The molecule has 0 spiro atoms. The highest BCUT2D eigenvalue weighted by atomic mass is 16.3. The van der Waals surface area contributed by atoms with Crippen LogP contribution in [0.25, 0.3) is 5.65 Å². The first-order valence-corrected chi connectivity index (χ1v) is 9.93. The third kappa shape index (κ3) is 4.49. The van der Waals surface area contributed by atoms with Gasteiger partial charge in [0.2, 0.25) is 0 Å². The normalized spacial score (nSPS) is 14.5. The van der Waals surface area contributed by atoms with E-state index in [1.54, 1.807) is 22.7 Å². The second kappa shape index (κ2) is 9.49. The van der Waals surface area contributed by atoms with Crippen LogP contribution in [0.1, 0.15) is 47.3 Å². The van der Waals surface area contributed by atoms with Crippen LogP contribution >= 0.6 is 0 Å². The molecule has 1 amide bonds. The molecular formula is C22H26N4O4. The van der Waals surface area contributed by atoms with E-state index in [1.807, 2.05) is 18.7 Å². The van der Waals surface area contributed by atoms with Crippen LogP contribution in [0.4, 0.5) is 0 Å². The van der Waals surface area contributed by atoms with E-state index in [0.29, 0.717) is 30.1 Å². The Bertz CT molecular complexity index is 1000. The van der Waals surface area contributed by atoms with Crippen LogP contribution < -0.4 is 0 Å². The lowest BCUT2D eigenvalue weighted by Gasteiger charge is -2.20. The van der Waals surface area contributed by atoms with E-state index in [4.69, 9.17) is 9.90 Å². The summed E-state index contributed by atoms with van der Waals surface area (Å²) in [6, 6.07) is 12.0.